The number of hydrogen-bond donors (Lipinski definition) is 1. The lowest BCUT2D eigenvalue weighted by molar-refractivity contribution is -0.115. The van der Waals surface area contributed by atoms with Crippen molar-refractivity contribution in [3.05, 3.63) is 35.1 Å². The van der Waals surface area contributed by atoms with Crippen LogP contribution in [0.2, 0.25) is 0 Å². The van der Waals surface area contributed by atoms with Gasteiger partial charge in [0.1, 0.15) is 16.5 Å². The maximum absolute atomic E-state index is 12.6. The molecule has 0 spiro atoms. The number of nitrogens with one attached hydrogen (secondary N) is 1. The highest BCUT2D eigenvalue weighted by Crippen LogP contribution is 2.29. The molecule has 0 radical (unpaired) electrons. The van der Waals surface area contributed by atoms with Gasteiger partial charge < -0.3 is 14.0 Å². The van der Waals surface area contributed by atoms with Gasteiger partial charge in [0.2, 0.25) is 11.0 Å². The van der Waals surface area contributed by atoms with E-state index in [1.807, 2.05) is 49.6 Å². The third-order valence-corrected chi connectivity index (χ3v) is 6.25. The summed E-state index contributed by atoms with van der Waals surface area (Å²) in [5, 5.41) is 21.0. The number of nitrogens with zero attached hydrogens (tertiary/aromatic N) is 5. The summed E-state index contributed by atoms with van der Waals surface area (Å²) in [7, 11) is 1.62. The van der Waals surface area contributed by atoms with E-state index in [2.05, 4.69) is 39.6 Å². The lowest BCUT2D eigenvalue weighted by Gasteiger charge is -2.18. The predicted molar refractivity (Wildman–Crippen MR) is 125 cm³/mol. The van der Waals surface area contributed by atoms with Crippen LogP contribution in [-0.4, -0.2) is 43.2 Å². The van der Waals surface area contributed by atoms with Gasteiger partial charge in [0.25, 0.3) is 0 Å². The zero-order valence-electron chi connectivity index (χ0n) is 19.0. The molecule has 11 heteroatoms. The molecule has 2 aromatic heterocycles. The Kier molecular flexibility index (Phi) is 8.08. The molecule has 1 aromatic carbocycles. The van der Waals surface area contributed by atoms with Crippen molar-refractivity contribution in [2.45, 2.75) is 57.7 Å². The van der Waals surface area contributed by atoms with Crippen molar-refractivity contribution in [3.8, 4) is 11.5 Å². The van der Waals surface area contributed by atoms with Crippen LogP contribution in [0.5, 0.6) is 11.5 Å². The monoisotopic (exact) mass is 476 g/mol. The van der Waals surface area contributed by atoms with E-state index in [1.54, 1.807) is 7.11 Å². The molecule has 1 amide bonds. The summed E-state index contributed by atoms with van der Waals surface area (Å²) in [6.07, 6.45) is -0.337. The number of anilines is 1. The fourth-order valence-electron chi connectivity index (χ4n) is 2.92. The average molecular weight is 477 g/mol. The number of aryl methyl sites for hydroxylation is 1. The SMILES string of the molecule is COc1cccc(OC(C)c2nnc(SC(C)C(=O)Nc3nnc(C)s3)n2CC(C)C)c1. The molecule has 0 aliphatic heterocycles. The van der Waals surface area contributed by atoms with Crippen LogP contribution in [-0.2, 0) is 11.3 Å². The minimum absolute atomic E-state index is 0.160. The molecule has 32 heavy (non-hydrogen) atoms. The van der Waals surface area contributed by atoms with Crippen LogP contribution in [0.25, 0.3) is 0 Å². The van der Waals surface area contributed by atoms with Crippen LogP contribution in [0, 0.1) is 12.8 Å². The molecule has 172 valence electrons. The van der Waals surface area contributed by atoms with Crippen molar-refractivity contribution in [2.24, 2.45) is 5.92 Å². The summed E-state index contributed by atoms with van der Waals surface area (Å²) >= 11 is 2.70. The number of thioether (sulfide) groups is 1. The summed E-state index contributed by atoms with van der Waals surface area (Å²) in [6, 6.07) is 7.44. The van der Waals surface area contributed by atoms with Crippen molar-refractivity contribution in [3.63, 3.8) is 0 Å². The van der Waals surface area contributed by atoms with Crippen molar-refractivity contribution >= 4 is 34.1 Å². The predicted octanol–water partition coefficient (Wildman–Crippen LogP) is 4.36. The van der Waals surface area contributed by atoms with Gasteiger partial charge in [-0.3, -0.25) is 10.1 Å². The molecular weight excluding hydrogens is 448 g/mol. The number of hydrogen-bond acceptors (Lipinski definition) is 9. The minimum Gasteiger partial charge on any atom is -0.497 e. The second-order valence-corrected chi connectivity index (χ2v) is 10.1. The molecular formula is C21H28N6O3S2. The fraction of sp³-hybridized carbons (Fsp3) is 0.476. The third-order valence-electron chi connectivity index (χ3n) is 4.42. The van der Waals surface area contributed by atoms with Gasteiger partial charge in [-0.05, 0) is 38.8 Å². The highest BCUT2D eigenvalue weighted by atomic mass is 32.2. The fourth-order valence-corrected chi connectivity index (χ4v) is 4.38. The van der Waals surface area contributed by atoms with Crippen molar-refractivity contribution in [1.82, 2.24) is 25.0 Å². The maximum atomic E-state index is 12.6. The Morgan fingerprint density at radius 1 is 1.16 bits per heavy atom. The normalized spacial score (nSPS) is 13.1. The van der Waals surface area contributed by atoms with E-state index in [-0.39, 0.29) is 12.0 Å². The van der Waals surface area contributed by atoms with E-state index in [0.717, 1.165) is 10.8 Å². The van der Waals surface area contributed by atoms with Gasteiger partial charge in [0.15, 0.2) is 17.1 Å². The van der Waals surface area contributed by atoms with Gasteiger partial charge in [-0.2, -0.15) is 0 Å². The molecule has 0 fully saturated rings. The highest BCUT2D eigenvalue weighted by Gasteiger charge is 2.24. The van der Waals surface area contributed by atoms with Gasteiger partial charge in [-0.1, -0.05) is 43.0 Å². The lowest BCUT2D eigenvalue weighted by Crippen LogP contribution is -2.23. The number of rotatable bonds is 10. The largest absolute Gasteiger partial charge is 0.497 e. The summed E-state index contributed by atoms with van der Waals surface area (Å²) in [6.45, 7) is 10.6. The summed E-state index contributed by atoms with van der Waals surface area (Å²) in [4.78, 5) is 12.6. The first-order chi connectivity index (χ1) is 15.3. The van der Waals surface area contributed by atoms with Crippen LogP contribution >= 0.6 is 23.1 Å². The Morgan fingerprint density at radius 3 is 2.56 bits per heavy atom. The molecule has 0 aliphatic rings. The zero-order chi connectivity index (χ0) is 23.3. The molecule has 0 saturated carbocycles. The molecule has 0 saturated heterocycles. The molecule has 2 unspecified atom stereocenters. The molecule has 2 heterocycles. The summed E-state index contributed by atoms with van der Waals surface area (Å²) < 4.78 is 13.4. The van der Waals surface area contributed by atoms with Gasteiger partial charge in [0, 0.05) is 12.6 Å². The molecule has 3 aromatic rings. The van der Waals surface area contributed by atoms with E-state index in [0.29, 0.717) is 34.3 Å². The first-order valence-corrected chi connectivity index (χ1v) is 12.0. The third kappa shape index (κ3) is 6.19. The Balaban J connectivity index is 1.75. The van der Waals surface area contributed by atoms with E-state index in [1.165, 1.54) is 23.1 Å². The first-order valence-electron chi connectivity index (χ1n) is 10.3. The molecule has 9 nitrogen and oxygen atoms in total. The zero-order valence-corrected chi connectivity index (χ0v) is 20.7. The summed E-state index contributed by atoms with van der Waals surface area (Å²) in [5.41, 5.74) is 0. The van der Waals surface area contributed by atoms with Crippen molar-refractivity contribution in [1.29, 1.82) is 0 Å². The smallest absolute Gasteiger partial charge is 0.239 e. The first kappa shape index (κ1) is 24.0. The molecule has 2 atom stereocenters. The highest BCUT2D eigenvalue weighted by molar-refractivity contribution is 8.00. The van der Waals surface area contributed by atoms with Crippen molar-refractivity contribution in [2.75, 3.05) is 12.4 Å². The van der Waals surface area contributed by atoms with Crippen LogP contribution in [0.1, 0.15) is 44.6 Å². The lowest BCUT2D eigenvalue weighted by atomic mass is 10.2. The van der Waals surface area contributed by atoms with Crippen molar-refractivity contribution < 1.29 is 14.3 Å². The Labute approximate surface area is 195 Å². The number of benzene rings is 1. The van der Waals surface area contributed by atoms with Crippen LogP contribution in [0.4, 0.5) is 5.13 Å². The van der Waals surface area contributed by atoms with E-state index >= 15 is 0 Å². The number of aromatic nitrogens is 5. The second kappa shape index (κ2) is 10.8. The number of methoxy groups -OCH3 is 1. The van der Waals surface area contributed by atoms with E-state index in [9.17, 15) is 4.79 Å². The van der Waals surface area contributed by atoms with Crippen LogP contribution in [0.3, 0.4) is 0 Å². The minimum atomic E-state index is -0.392. The Hall–Kier alpha value is -2.66. The molecule has 1 N–H and O–H groups in total. The van der Waals surface area contributed by atoms with Gasteiger partial charge >= 0.3 is 0 Å². The van der Waals surface area contributed by atoms with E-state index in [4.69, 9.17) is 9.47 Å². The average Bonchev–Trinajstić information content (AvgIpc) is 3.33. The number of ether oxygens (including phenoxy) is 2. The number of carbonyl (C=O) groups excluding carboxylic acids is 1. The van der Waals surface area contributed by atoms with Gasteiger partial charge in [-0.15, -0.1) is 20.4 Å². The number of amides is 1. The molecule has 3 rings (SSSR count). The van der Waals surface area contributed by atoms with Gasteiger partial charge in [0.05, 0.1) is 12.4 Å². The Bertz CT molecular complexity index is 1050. The molecule has 0 aliphatic carbocycles. The quantitative estimate of drug-likeness (QED) is 0.430. The van der Waals surface area contributed by atoms with Crippen LogP contribution < -0.4 is 14.8 Å². The number of carbonyl (C=O) groups is 1. The maximum Gasteiger partial charge on any atom is 0.239 e. The van der Waals surface area contributed by atoms with E-state index < -0.39 is 5.25 Å². The van der Waals surface area contributed by atoms with Gasteiger partial charge in [-0.25, -0.2) is 0 Å². The standard InChI is InChI=1S/C21H28N6O3S2/c1-12(2)11-27-18(13(3)30-17-9-7-8-16(10-17)29-6)24-26-21(27)31-14(4)19(28)22-20-25-23-15(5)32-20/h7-10,12-14H,11H2,1-6H3,(H,22,25,28). The second-order valence-electron chi connectivity index (χ2n) is 7.66. The molecule has 0 bridgehead atoms. The Morgan fingerprint density at radius 2 is 1.91 bits per heavy atom. The topological polar surface area (TPSA) is 104 Å². The van der Waals surface area contributed by atoms with Crippen LogP contribution in [0.15, 0.2) is 29.4 Å². The summed E-state index contributed by atoms with van der Waals surface area (Å²) in [5.74, 6) is 2.32.